The Morgan fingerprint density at radius 2 is 2.12 bits per heavy atom. The molecule has 1 aromatic rings. The fourth-order valence-electron chi connectivity index (χ4n) is 1.32. The number of aryl methyl sites for hydroxylation is 1. The van der Waals surface area contributed by atoms with Gasteiger partial charge in [0.1, 0.15) is 11.4 Å². The molecule has 1 N–H and O–H groups in total. The van der Waals surface area contributed by atoms with Crippen LogP contribution in [0.5, 0.6) is 0 Å². The molecular formula is C11H16N2O3. The van der Waals surface area contributed by atoms with E-state index in [2.05, 4.69) is 9.97 Å². The number of hydrogen-bond acceptors (Lipinski definition) is 4. The number of hydrogen-bond donors (Lipinski definition) is 1. The lowest BCUT2D eigenvalue weighted by Gasteiger charge is -2.08. The molecule has 0 saturated heterocycles. The van der Waals surface area contributed by atoms with E-state index >= 15 is 0 Å². The van der Waals surface area contributed by atoms with E-state index in [1.807, 2.05) is 13.8 Å². The van der Waals surface area contributed by atoms with Gasteiger partial charge in [-0.2, -0.15) is 0 Å². The fraction of sp³-hybridized carbons (Fsp3) is 0.545. The summed E-state index contributed by atoms with van der Waals surface area (Å²) < 4.78 is 4.79. The number of esters is 1. The molecule has 0 aliphatic carbocycles. The summed E-state index contributed by atoms with van der Waals surface area (Å²) in [5.74, 6) is 0.0715. The highest BCUT2D eigenvalue weighted by molar-refractivity contribution is 5.90. The normalized spacial score (nSPS) is 10.6. The first-order valence-electron chi connectivity index (χ1n) is 5.25. The van der Waals surface area contributed by atoms with Crippen molar-refractivity contribution in [3.05, 3.63) is 27.4 Å². The van der Waals surface area contributed by atoms with Crippen molar-refractivity contribution in [3.63, 3.8) is 0 Å². The maximum Gasteiger partial charge on any atom is 0.345 e. The van der Waals surface area contributed by atoms with Crippen LogP contribution in [-0.2, 0) is 4.74 Å². The first-order valence-corrected chi connectivity index (χ1v) is 5.25. The lowest BCUT2D eigenvalue weighted by Crippen LogP contribution is -2.24. The average Bonchev–Trinajstić information content (AvgIpc) is 2.16. The topological polar surface area (TPSA) is 72.0 Å². The van der Waals surface area contributed by atoms with Gasteiger partial charge in [0.2, 0.25) is 0 Å². The molecule has 0 amide bonds. The largest absolute Gasteiger partial charge is 0.462 e. The predicted octanol–water partition coefficient (Wildman–Crippen LogP) is 1.38. The van der Waals surface area contributed by atoms with E-state index in [1.54, 1.807) is 13.8 Å². The average molecular weight is 224 g/mol. The van der Waals surface area contributed by atoms with Crippen LogP contribution in [0.3, 0.4) is 0 Å². The number of carbonyl (C=O) groups excluding carboxylic acids is 1. The molecule has 0 saturated carbocycles. The predicted molar refractivity (Wildman–Crippen MR) is 59.6 cm³/mol. The molecule has 0 aromatic carbocycles. The molecular weight excluding hydrogens is 208 g/mol. The van der Waals surface area contributed by atoms with Crippen molar-refractivity contribution in [3.8, 4) is 0 Å². The van der Waals surface area contributed by atoms with Crippen LogP contribution in [0.1, 0.15) is 48.6 Å². The second kappa shape index (κ2) is 4.92. The zero-order valence-corrected chi connectivity index (χ0v) is 9.96. The van der Waals surface area contributed by atoms with E-state index < -0.39 is 11.5 Å². The summed E-state index contributed by atoms with van der Waals surface area (Å²) >= 11 is 0. The zero-order valence-electron chi connectivity index (χ0n) is 9.96. The summed E-state index contributed by atoms with van der Waals surface area (Å²) in [5.41, 5.74) is -0.0354. The van der Waals surface area contributed by atoms with Crippen molar-refractivity contribution in [2.75, 3.05) is 6.61 Å². The van der Waals surface area contributed by atoms with Gasteiger partial charge in [0, 0.05) is 5.92 Å². The maximum absolute atomic E-state index is 11.7. The number of carbonyl (C=O) groups is 1. The third-order valence-corrected chi connectivity index (χ3v) is 2.15. The number of aromatic amines is 1. The van der Waals surface area contributed by atoms with Crippen molar-refractivity contribution in [2.45, 2.75) is 33.6 Å². The first kappa shape index (κ1) is 12.4. The van der Waals surface area contributed by atoms with Crippen LogP contribution < -0.4 is 5.56 Å². The van der Waals surface area contributed by atoms with Crippen LogP contribution in [-0.4, -0.2) is 22.5 Å². The number of nitrogens with one attached hydrogen (secondary N) is 1. The third kappa shape index (κ3) is 2.48. The van der Waals surface area contributed by atoms with E-state index in [-0.39, 0.29) is 18.1 Å². The smallest absolute Gasteiger partial charge is 0.345 e. The van der Waals surface area contributed by atoms with Crippen LogP contribution in [0.4, 0.5) is 0 Å². The number of H-pyrrole nitrogens is 1. The van der Waals surface area contributed by atoms with E-state index in [4.69, 9.17) is 4.74 Å². The number of ether oxygens (including phenoxy) is 1. The summed E-state index contributed by atoms with van der Waals surface area (Å²) in [5, 5.41) is 0. The second-order valence-corrected chi connectivity index (χ2v) is 3.79. The van der Waals surface area contributed by atoms with Gasteiger partial charge in [0.15, 0.2) is 0 Å². The molecule has 88 valence electrons. The van der Waals surface area contributed by atoms with E-state index in [9.17, 15) is 9.59 Å². The van der Waals surface area contributed by atoms with Crippen LogP contribution in [0.15, 0.2) is 4.79 Å². The molecule has 0 radical (unpaired) electrons. The Morgan fingerprint density at radius 1 is 1.50 bits per heavy atom. The van der Waals surface area contributed by atoms with Gasteiger partial charge >= 0.3 is 5.97 Å². The van der Waals surface area contributed by atoms with Crippen LogP contribution >= 0.6 is 0 Å². The molecule has 0 aliphatic rings. The molecule has 5 heteroatoms. The van der Waals surface area contributed by atoms with Crippen molar-refractivity contribution < 1.29 is 9.53 Å². The number of aromatic nitrogens is 2. The minimum atomic E-state index is -0.621. The fourth-order valence-corrected chi connectivity index (χ4v) is 1.32. The number of nitrogens with zero attached hydrogens (tertiary/aromatic N) is 1. The molecule has 1 aromatic heterocycles. The zero-order chi connectivity index (χ0) is 12.3. The van der Waals surface area contributed by atoms with Gasteiger partial charge in [-0.15, -0.1) is 0 Å². The quantitative estimate of drug-likeness (QED) is 0.787. The highest BCUT2D eigenvalue weighted by Crippen LogP contribution is 2.09. The molecule has 16 heavy (non-hydrogen) atoms. The first-order chi connectivity index (χ1) is 7.47. The van der Waals surface area contributed by atoms with Crippen LogP contribution in [0.2, 0.25) is 0 Å². The van der Waals surface area contributed by atoms with Crippen molar-refractivity contribution in [2.24, 2.45) is 0 Å². The minimum absolute atomic E-state index is 0.00810. The van der Waals surface area contributed by atoms with Crippen molar-refractivity contribution >= 4 is 5.97 Å². The van der Waals surface area contributed by atoms with E-state index in [0.29, 0.717) is 11.5 Å². The molecule has 1 heterocycles. The van der Waals surface area contributed by atoms with Crippen LogP contribution in [0, 0.1) is 6.92 Å². The van der Waals surface area contributed by atoms with Crippen LogP contribution in [0.25, 0.3) is 0 Å². The standard InChI is InChI=1S/C11H16N2O3/c1-5-16-11(15)8-7(4)12-9(6(2)3)13-10(8)14/h6H,5H2,1-4H3,(H,12,13,14). The van der Waals surface area contributed by atoms with E-state index in [1.165, 1.54) is 0 Å². The second-order valence-electron chi connectivity index (χ2n) is 3.79. The molecule has 0 aliphatic heterocycles. The van der Waals surface area contributed by atoms with Crippen molar-refractivity contribution in [1.29, 1.82) is 0 Å². The Labute approximate surface area is 93.9 Å². The lowest BCUT2D eigenvalue weighted by atomic mass is 10.2. The Balaban J connectivity index is 3.23. The van der Waals surface area contributed by atoms with Gasteiger partial charge in [0.25, 0.3) is 5.56 Å². The summed E-state index contributed by atoms with van der Waals surface area (Å²) in [7, 11) is 0. The Bertz CT molecular complexity index is 449. The molecule has 0 unspecified atom stereocenters. The Kier molecular flexibility index (Phi) is 3.82. The summed E-state index contributed by atoms with van der Waals surface area (Å²) in [6, 6.07) is 0. The van der Waals surface area contributed by atoms with Gasteiger partial charge in [0.05, 0.1) is 12.3 Å². The minimum Gasteiger partial charge on any atom is -0.462 e. The maximum atomic E-state index is 11.7. The highest BCUT2D eigenvalue weighted by atomic mass is 16.5. The molecule has 5 nitrogen and oxygen atoms in total. The third-order valence-electron chi connectivity index (χ3n) is 2.15. The van der Waals surface area contributed by atoms with Gasteiger partial charge in [-0.3, -0.25) is 4.79 Å². The molecule has 0 fully saturated rings. The lowest BCUT2D eigenvalue weighted by molar-refractivity contribution is 0.0522. The van der Waals surface area contributed by atoms with Gasteiger partial charge in [-0.05, 0) is 13.8 Å². The molecule has 0 spiro atoms. The monoisotopic (exact) mass is 224 g/mol. The van der Waals surface area contributed by atoms with Crippen molar-refractivity contribution in [1.82, 2.24) is 9.97 Å². The Hall–Kier alpha value is -1.65. The summed E-state index contributed by atoms with van der Waals surface area (Å²) in [6.07, 6.45) is 0. The summed E-state index contributed by atoms with van der Waals surface area (Å²) in [4.78, 5) is 29.9. The highest BCUT2D eigenvalue weighted by Gasteiger charge is 2.17. The Morgan fingerprint density at radius 3 is 2.56 bits per heavy atom. The van der Waals surface area contributed by atoms with Gasteiger partial charge in [-0.1, -0.05) is 13.8 Å². The molecule has 1 rings (SSSR count). The van der Waals surface area contributed by atoms with Gasteiger partial charge < -0.3 is 9.72 Å². The van der Waals surface area contributed by atoms with E-state index in [0.717, 1.165) is 0 Å². The summed E-state index contributed by atoms with van der Waals surface area (Å²) in [6.45, 7) is 7.40. The number of rotatable bonds is 3. The van der Waals surface area contributed by atoms with Gasteiger partial charge in [-0.25, -0.2) is 9.78 Å². The SMILES string of the molecule is CCOC(=O)c1c(C)nc(C(C)C)[nH]c1=O. The molecule has 0 bridgehead atoms. The molecule has 0 atom stereocenters.